The Balaban J connectivity index is 1.94. The third-order valence-electron chi connectivity index (χ3n) is 6.67. The van der Waals surface area contributed by atoms with Gasteiger partial charge in [-0.3, -0.25) is 0 Å². The zero-order valence-corrected chi connectivity index (χ0v) is 21.1. The Labute approximate surface area is 211 Å². The number of benzene rings is 4. The second kappa shape index (κ2) is 9.74. The fraction of sp³-hybridized carbons (Fsp3) is 0.200. The van der Waals surface area contributed by atoms with Gasteiger partial charge in [0.2, 0.25) is 0 Å². The first-order chi connectivity index (χ1) is 17.7. The Bertz CT molecular complexity index is 1320. The van der Waals surface area contributed by atoms with E-state index in [0.29, 0.717) is 0 Å². The lowest BCUT2D eigenvalue weighted by molar-refractivity contribution is 0.378. The molecule has 0 aliphatic carbocycles. The Hall–Kier alpha value is -4.32. The smallest absolute Gasteiger partial charge is 0.142 e. The average molecular weight is 484 g/mol. The van der Waals surface area contributed by atoms with Crippen LogP contribution in [0.15, 0.2) is 78.9 Å². The van der Waals surface area contributed by atoms with Gasteiger partial charge in [-0.15, -0.1) is 0 Å². The lowest BCUT2D eigenvalue weighted by Gasteiger charge is -2.40. The number of hydrogen-bond acceptors (Lipinski definition) is 6. The summed E-state index contributed by atoms with van der Waals surface area (Å²) in [4.78, 5) is 2.20. The molecule has 1 aliphatic rings. The van der Waals surface area contributed by atoms with E-state index in [-0.39, 0.29) is 5.92 Å². The Kier molecular flexibility index (Phi) is 6.34. The first-order valence-corrected chi connectivity index (χ1v) is 11.7. The average Bonchev–Trinajstić information content (AvgIpc) is 2.94. The minimum Gasteiger partial charge on any atom is -0.496 e. The number of rotatable bonds is 7. The van der Waals surface area contributed by atoms with Crippen molar-refractivity contribution < 1.29 is 23.7 Å². The van der Waals surface area contributed by atoms with Gasteiger partial charge < -0.3 is 28.6 Å². The first kappa shape index (κ1) is 23.4. The molecule has 0 saturated heterocycles. The Morgan fingerprint density at radius 3 is 1.25 bits per heavy atom. The summed E-state index contributed by atoms with van der Waals surface area (Å²) in [7, 11) is 8.42. The van der Waals surface area contributed by atoms with Crippen LogP contribution < -0.4 is 28.6 Å². The Morgan fingerprint density at radius 1 is 0.417 bits per heavy atom. The summed E-state index contributed by atoms with van der Waals surface area (Å²) in [5.74, 6) is 3.41. The van der Waals surface area contributed by atoms with Crippen LogP contribution in [-0.4, -0.2) is 35.5 Å². The molecule has 0 aromatic heterocycles. The van der Waals surface area contributed by atoms with Crippen LogP contribution in [0.4, 0.5) is 17.1 Å². The van der Waals surface area contributed by atoms with Gasteiger partial charge in [0.15, 0.2) is 0 Å². The van der Waals surface area contributed by atoms with E-state index in [2.05, 4.69) is 23.1 Å². The number of nitrogens with zero attached hydrogens (tertiary/aromatic N) is 1. The molecule has 36 heavy (non-hydrogen) atoms. The van der Waals surface area contributed by atoms with Crippen LogP contribution in [0.3, 0.4) is 0 Å². The summed E-state index contributed by atoms with van der Waals surface area (Å²) in [6.07, 6.45) is 0. The summed E-state index contributed by atoms with van der Waals surface area (Å²) in [5.41, 5.74) is 5.71. The molecule has 5 rings (SSSR count). The predicted octanol–water partition coefficient (Wildman–Crippen LogP) is 6.69. The summed E-state index contributed by atoms with van der Waals surface area (Å²) in [6, 6.07) is 26.0. The maximum absolute atomic E-state index is 5.96. The number of fused-ring (bicyclic) bond motifs is 2. The van der Waals surface area contributed by atoms with Crippen molar-refractivity contribution in [3.05, 3.63) is 95.6 Å². The number of ether oxygens (including phenoxy) is 5. The molecule has 4 aromatic rings. The van der Waals surface area contributed by atoms with E-state index in [9.17, 15) is 0 Å². The van der Waals surface area contributed by atoms with Crippen LogP contribution in [0, 0.1) is 0 Å². The fourth-order valence-electron chi connectivity index (χ4n) is 5.19. The van der Waals surface area contributed by atoms with Crippen LogP contribution in [0.2, 0.25) is 0 Å². The van der Waals surface area contributed by atoms with E-state index in [4.69, 9.17) is 23.7 Å². The van der Waals surface area contributed by atoms with Crippen molar-refractivity contribution in [2.45, 2.75) is 5.92 Å². The summed E-state index contributed by atoms with van der Waals surface area (Å²) < 4.78 is 29.4. The highest BCUT2D eigenvalue weighted by Crippen LogP contribution is 2.59. The van der Waals surface area contributed by atoms with E-state index in [0.717, 1.165) is 62.5 Å². The van der Waals surface area contributed by atoms with Crippen molar-refractivity contribution in [2.75, 3.05) is 40.4 Å². The van der Waals surface area contributed by atoms with Crippen molar-refractivity contribution >= 4 is 17.1 Å². The third-order valence-corrected chi connectivity index (χ3v) is 6.67. The number of para-hydroxylation sites is 2. The molecule has 0 spiro atoms. The topological polar surface area (TPSA) is 49.4 Å². The quantitative estimate of drug-likeness (QED) is 0.257. The minimum atomic E-state index is -0.292. The van der Waals surface area contributed by atoms with E-state index in [1.807, 2.05) is 60.7 Å². The van der Waals surface area contributed by atoms with Crippen molar-refractivity contribution in [2.24, 2.45) is 0 Å². The minimum absolute atomic E-state index is 0.292. The van der Waals surface area contributed by atoms with Gasteiger partial charge in [-0.2, -0.15) is 0 Å². The maximum atomic E-state index is 5.96. The standard InChI is InChI=1S/C30H29NO5/c1-32-22-14-7-6-11-19(22)31-20-12-8-15-23(33-2)27(20)30(28-21(31)13-9-16-24(28)34-3)29-25(35-4)17-10-18-26(29)36-5/h6-18,30H,1-5H3. The molecular formula is C30H29NO5. The number of anilines is 3. The summed E-state index contributed by atoms with van der Waals surface area (Å²) >= 11 is 0. The van der Waals surface area contributed by atoms with E-state index >= 15 is 0 Å². The molecule has 0 amide bonds. The van der Waals surface area contributed by atoms with Gasteiger partial charge in [0.1, 0.15) is 28.7 Å². The normalized spacial score (nSPS) is 12.4. The molecule has 1 heterocycles. The summed E-state index contributed by atoms with van der Waals surface area (Å²) in [6.45, 7) is 0. The molecule has 0 saturated carbocycles. The molecule has 0 bridgehead atoms. The zero-order valence-electron chi connectivity index (χ0n) is 21.1. The van der Waals surface area contributed by atoms with Crippen LogP contribution in [-0.2, 0) is 0 Å². The molecule has 0 atom stereocenters. The molecule has 0 N–H and O–H groups in total. The number of hydrogen-bond donors (Lipinski definition) is 0. The monoisotopic (exact) mass is 483 g/mol. The molecule has 1 aliphatic heterocycles. The maximum Gasteiger partial charge on any atom is 0.142 e. The molecule has 0 unspecified atom stereocenters. The van der Waals surface area contributed by atoms with Gasteiger partial charge in [0, 0.05) is 16.7 Å². The van der Waals surface area contributed by atoms with Gasteiger partial charge in [0.25, 0.3) is 0 Å². The van der Waals surface area contributed by atoms with Gasteiger partial charge in [-0.1, -0.05) is 30.3 Å². The van der Waals surface area contributed by atoms with Crippen LogP contribution in [0.5, 0.6) is 28.7 Å². The zero-order chi connectivity index (χ0) is 25.2. The van der Waals surface area contributed by atoms with Crippen LogP contribution in [0.1, 0.15) is 22.6 Å². The highest BCUT2D eigenvalue weighted by Gasteiger charge is 2.40. The van der Waals surface area contributed by atoms with Gasteiger partial charge in [-0.25, -0.2) is 0 Å². The molecule has 184 valence electrons. The second-order valence-corrected chi connectivity index (χ2v) is 8.30. The largest absolute Gasteiger partial charge is 0.496 e. The van der Waals surface area contributed by atoms with Gasteiger partial charge in [-0.05, 0) is 48.5 Å². The molecule has 6 heteroatoms. The van der Waals surface area contributed by atoms with E-state index in [1.165, 1.54) is 0 Å². The van der Waals surface area contributed by atoms with Crippen molar-refractivity contribution in [3.8, 4) is 28.7 Å². The lowest BCUT2D eigenvalue weighted by Crippen LogP contribution is -2.24. The fourth-order valence-corrected chi connectivity index (χ4v) is 5.19. The van der Waals surface area contributed by atoms with Crippen LogP contribution in [0.25, 0.3) is 0 Å². The second-order valence-electron chi connectivity index (χ2n) is 8.30. The first-order valence-electron chi connectivity index (χ1n) is 11.7. The highest BCUT2D eigenvalue weighted by atomic mass is 16.5. The van der Waals surface area contributed by atoms with Crippen molar-refractivity contribution in [1.82, 2.24) is 0 Å². The van der Waals surface area contributed by atoms with E-state index in [1.54, 1.807) is 35.5 Å². The third kappa shape index (κ3) is 3.57. The molecule has 4 aromatic carbocycles. The van der Waals surface area contributed by atoms with Gasteiger partial charge >= 0.3 is 0 Å². The van der Waals surface area contributed by atoms with Crippen molar-refractivity contribution in [3.63, 3.8) is 0 Å². The van der Waals surface area contributed by atoms with E-state index < -0.39 is 0 Å². The predicted molar refractivity (Wildman–Crippen MR) is 141 cm³/mol. The molecular weight excluding hydrogens is 454 g/mol. The summed E-state index contributed by atoms with van der Waals surface area (Å²) in [5, 5.41) is 0. The van der Waals surface area contributed by atoms with Crippen molar-refractivity contribution in [1.29, 1.82) is 0 Å². The highest BCUT2D eigenvalue weighted by molar-refractivity contribution is 5.91. The molecule has 6 nitrogen and oxygen atoms in total. The Morgan fingerprint density at radius 2 is 0.778 bits per heavy atom. The molecule has 0 fully saturated rings. The number of methoxy groups -OCH3 is 5. The molecule has 0 radical (unpaired) electrons. The van der Waals surface area contributed by atoms with Crippen LogP contribution >= 0.6 is 0 Å². The SMILES string of the molecule is COc1ccccc1N1c2cccc(OC)c2C(c2c(OC)cccc2OC)c2c(OC)cccc21. The van der Waals surface area contributed by atoms with Gasteiger partial charge in [0.05, 0.1) is 58.5 Å². The lowest BCUT2D eigenvalue weighted by atomic mass is 9.78.